The number of aliphatic hydroxyl groups is 4. The maximum absolute atomic E-state index is 10.3. The van der Waals surface area contributed by atoms with Crippen LogP contribution in [0.15, 0.2) is 36.5 Å². The smallest absolute Gasteiger partial charge is 0.229 e. The van der Waals surface area contributed by atoms with E-state index in [2.05, 4.69) is 24.0 Å². The number of aryl methyl sites for hydroxylation is 1. The molecule has 5 N–H and O–H groups in total. The first-order valence-corrected chi connectivity index (χ1v) is 10.5. The summed E-state index contributed by atoms with van der Waals surface area (Å²) in [4.78, 5) is 5.82. The van der Waals surface area contributed by atoms with Gasteiger partial charge in [0.1, 0.15) is 30.2 Å². The predicted octanol–water partition coefficient (Wildman–Crippen LogP) is 1.56. The van der Waals surface area contributed by atoms with Gasteiger partial charge in [0, 0.05) is 33.3 Å². The van der Waals surface area contributed by atoms with Crippen LogP contribution in [0, 0.1) is 0 Å². The van der Waals surface area contributed by atoms with Gasteiger partial charge in [-0.3, -0.25) is 0 Å². The van der Waals surface area contributed by atoms with Crippen LogP contribution in [0.1, 0.15) is 22.2 Å². The van der Waals surface area contributed by atoms with Gasteiger partial charge in [0.2, 0.25) is 6.29 Å². The van der Waals surface area contributed by atoms with Crippen LogP contribution in [0.3, 0.4) is 0 Å². The summed E-state index contributed by atoms with van der Waals surface area (Å²) < 4.78 is 11.4. The van der Waals surface area contributed by atoms with E-state index in [0.29, 0.717) is 5.75 Å². The molecule has 1 fully saturated rings. The van der Waals surface area contributed by atoms with Gasteiger partial charge >= 0.3 is 0 Å². The number of nitrogens with one attached hydrogen (secondary N) is 1. The Hall–Kier alpha value is -1.94. The zero-order chi connectivity index (χ0) is 20.5. The molecule has 3 heterocycles. The van der Waals surface area contributed by atoms with Crippen LogP contribution in [0.4, 0.5) is 0 Å². The number of hydrogen-bond acceptors (Lipinski definition) is 7. The molecule has 5 atom stereocenters. The number of aliphatic hydroxyl groups excluding tert-OH is 4. The van der Waals surface area contributed by atoms with Crippen molar-refractivity contribution in [2.45, 2.75) is 50.5 Å². The second-order valence-electron chi connectivity index (χ2n) is 7.21. The summed E-state index contributed by atoms with van der Waals surface area (Å²) in [6.45, 7) is 1.64. The van der Waals surface area contributed by atoms with Crippen LogP contribution in [0.2, 0.25) is 0 Å². The third-order valence-corrected chi connectivity index (χ3v) is 6.50. The van der Waals surface area contributed by atoms with E-state index in [1.54, 1.807) is 17.4 Å². The molecule has 1 aromatic carbocycles. The number of aromatic amines is 1. The zero-order valence-electron chi connectivity index (χ0n) is 16.0. The van der Waals surface area contributed by atoms with Gasteiger partial charge < -0.3 is 34.9 Å². The van der Waals surface area contributed by atoms with E-state index >= 15 is 0 Å². The fourth-order valence-electron chi connectivity index (χ4n) is 3.64. The molecule has 1 aliphatic rings. The van der Waals surface area contributed by atoms with Crippen molar-refractivity contribution < 1.29 is 29.9 Å². The lowest BCUT2D eigenvalue weighted by Gasteiger charge is -2.39. The Bertz CT molecular complexity index is 967. The molecule has 0 saturated carbocycles. The Labute approximate surface area is 172 Å². The summed E-state index contributed by atoms with van der Waals surface area (Å²) in [7, 11) is 0. The maximum atomic E-state index is 10.3. The van der Waals surface area contributed by atoms with Crippen molar-refractivity contribution in [2.75, 3.05) is 6.61 Å². The quantitative estimate of drug-likeness (QED) is 0.414. The third-order valence-electron chi connectivity index (χ3n) is 5.27. The SMILES string of the molecule is CCc1ccc(Cc2c[nH]c3cccc(O[C@@H]4O[C@H](CO)[C@@H](O)[C@H](O)[C@H]4O)c23)s1. The number of H-pyrrole nitrogens is 1. The molecule has 4 rings (SSSR count). The van der Waals surface area contributed by atoms with E-state index in [-0.39, 0.29) is 0 Å². The number of rotatable bonds is 6. The molecule has 0 amide bonds. The summed E-state index contributed by atoms with van der Waals surface area (Å²) in [5.74, 6) is 0.496. The fourth-order valence-corrected chi connectivity index (χ4v) is 4.62. The summed E-state index contributed by atoms with van der Waals surface area (Å²) in [5.41, 5.74) is 1.93. The highest BCUT2D eigenvalue weighted by Crippen LogP contribution is 2.34. The molecule has 0 unspecified atom stereocenters. The topological polar surface area (TPSA) is 115 Å². The van der Waals surface area contributed by atoms with Crippen molar-refractivity contribution in [1.82, 2.24) is 4.98 Å². The summed E-state index contributed by atoms with van der Waals surface area (Å²) in [5, 5.41) is 40.5. The van der Waals surface area contributed by atoms with Crippen LogP contribution >= 0.6 is 11.3 Å². The first-order chi connectivity index (χ1) is 14.0. The van der Waals surface area contributed by atoms with Crippen LogP contribution in [0.5, 0.6) is 5.75 Å². The Balaban J connectivity index is 1.63. The largest absolute Gasteiger partial charge is 0.461 e. The van der Waals surface area contributed by atoms with E-state index in [4.69, 9.17) is 9.47 Å². The number of benzene rings is 1. The summed E-state index contributed by atoms with van der Waals surface area (Å²) >= 11 is 1.78. The standard InChI is InChI=1S/C21H25NO6S/c1-2-12-6-7-13(29-12)8-11-9-22-14-4-3-5-15(17(11)14)27-21-20(26)19(25)18(24)16(10-23)28-21/h3-7,9,16,18-26H,2,8,10H2,1H3/t16-,18-,19+,20-,21-/m1/s1. The molecule has 29 heavy (non-hydrogen) atoms. The van der Waals surface area contributed by atoms with Crippen LogP contribution < -0.4 is 4.74 Å². The van der Waals surface area contributed by atoms with Gasteiger partial charge in [-0.1, -0.05) is 13.0 Å². The minimum atomic E-state index is -1.48. The summed E-state index contributed by atoms with van der Waals surface area (Å²) in [6, 6.07) is 9.80. The average Bonchev–Trinajstić information content (AvgIpc) is 3.36. The minimum absolute atomic E-state index is 0.496. The third kappa shape index (κ3) is 3.92. The molecule has 0 bridgehead atoms. The minimum Gasteiger partial charge on any atom is -0.461 e. The van der Waals surface area contributed by atoms with Gasteiger partial charge in [0.15, 0.2) is 0 Å². The summed E-state index contributed by atoms with van der Waals surface area (Å²) in [6.07, 6.45) is -2.89. The Morgan fingerprint density at radius 3 is 2.59 bits per heavy atom. The highest BCUT2D eigenvalue weighted by molar-refractivity contribution is 7.12. The molecule has 2 aromatic heterocycles. The van der Waals surface area contributed by atoms with Crippen molar-refractivity contribution in [3.8, 4) is 5.75 Å². The van der Waals surface area contributed by atoms with Gasteiger partial charge in [0.25, 0.3) is 0 Å². The number of fused-ring (bicyclic) bond motifs is 1. The highest BCUT2D eigenvalue weighted by Gasteiger charge is 2.44. The first-order valence-electron chi connectivity index (χ1n) is 9.65. The molecule has 0 radical (unpaired) electrons. The maximum Gasteiger partial charge on any atom is 0.229 e. The molecular formula is C21H25NO6S. The van der Waals surface area contributed by atoms with E-state index in [9.17, 15) is 20.4 Å². The monoisotopic (exact) mass is 419 g/mol. The lowest BCUT2D eigenvalue weighted by atomic mass is 9.99. The molecule has 3 aromatic rings. The lowest BCUT2D eigenvalue weighted by Crippen LogP contribution is -2.60. The van der Waals surface area contributed by atoms with Crippen molar-refractivity contribution in [1.29, 1.82) is 0 Å². The second kappa shape index (κ2) is 8.43. The number of aromatic nitrogens is 1. The molecule has 0 aliphatic carbocycles. The van der Waals surface area contributed by atoms with E-state index in [0.717, 1.165) is 29.3 Å². The predicted molar refractivity (Wildman–Crippen MR) is 109 cm³/mol. The van der Waals surface area contributed by atoms with Crippen molar-refractivity contribution in [3.63, 3.8) is 0 Å². The highest BCUT2D eigenvalue weighted by atomic mass is 32.1. The molecule has 1 aliphatic heterocycles. The Morgan fingerprint density at radius 2 is 1.86 bits per heavy atom. The number of thiophene rings is 1. The Morgan fingerprint density at radius 1 is 1.07 bits per heavy atom. The van der Waals surface area contributed by atoms with Crippen molar-refractivity contribution in [2.24, 2.45) is 0 Å². The van der Waals surface area contributed by atoms with Crippen molar-refractivity contribution in [3.05, 3.63) is 51.8 Å². The van der Waals surface area contributed by atoms with Gasteiger partial charge in [-0.05, 0) is 36.2 Å². The van der Waals surface area contributed by atoms with Gasteiger partial charge in [-0.2, -0.15) is 0 Å². The van der Waals surface area contributed by atoms with Gasteiger partial charge in [-0.25, -0.2) is 0 Å². The average molecular weight is 419 g/mol. The van der Waals surface area contributed by atoms with Gasteiger partial charge in [0.05, 0.1) is 6.61 Å². The molecule has 1 saturated heterocycles. The first kappa shape index (κ1) is 20.3. The van der Waals surface area contributed by atoms with Gasteiger partial charge in [-0.15, -0.1) is 11.3 Å². The van der Waals surface area contributed by atoms with E-state index in [1.807, 2.05) is 18.3 Å². The Kier molecular flexibility index (Phi) is 5.91. The molecule has 7 nitrogen and oxygen atoms in total. The lowest BCUT2D eigenvalue weighted by molar-refractivity contribution is -0.277. The van der Waals surface area contributed by atoms with E-state index in [1.165, 1.54) is 9.75 Å². The van der Waals surface area contributed by atoms with Crippen molar-refractivity contribution >= 4 is 22.2 Å². The second-order valence-corrected chi connectivity index (χ2v) is 8.46. The zero-order valence-corrected chi connectivity index (χ0v) is 16.8. The van der Waals surface area contributed by atoms with Crippen LogP contribution in [0.25, 0.3) is 10.9 Å². The molecule has 0 spiro atoms. The van der Waals surface area contributed by atoms with Crippen LogP contribution in [-0.2, 0) is 17.6 Å². The normalized spacial score (nSPS) is 27.4. The van der Waals surface area contributed by atoms with Crippen LogP contribution in [-0.4, -0.2) is 62.7 Å². The fraction of sp³-hybridized carbons (Fsp3) is 0.429. The number of hydrogen-bond donors (Lipinski definition) is 5. The molecule has 156 valence electrons. The molecule has 8 heteroatoms. The van der Waals surface area contributed by atoms with E-state index < -0.39 is 37.3 Å². The number of ether oxygens (including phenoxy) is 2. The molecular weight excluding hydrogens is 394 g/mol.